The van der Waals surface area contributed by atoms with E-state index in [1.807, 2.05) is 53.8 Å². The van der Waals surface area contributed by atoms with Crippen molar-refractivity contribution < 1.29 is 4.42 Å². The average Bonchev–Trinajstić information content (AvgIpc) is 4.04. The molecule has 0 N–H and O–H groups in total. The Bertz CT molecular complexity index is 3920. The molecule has 6 heteroatoms. The minimum absolute atomic E-state index is 0.546. The van der Waals surface area contributed by atoms with Crippen LogP contribution in [-0.4, -0.2) is 19.5 Å². The number of thiophene rings is 1. The summed E-state index contributed by atoms with van der Waals surface area (Å²) >= 11 is 1.86. The molecule has 9 aromatic carbocycles. The zero-order valence-corrected chi connectivity index (χ0v) is 36.1. The molecule has 13 aromatic rings. The molecular weight excluding hydrogens is 801 g/mol. The highest BCUT2D eigenvalue weighted by Gasteiger charge is 2.22. The molecule has 0 amide bonds. The third kappa shape index (κ3) is 6.09. The number of hydrogen-bond acceptors (Lipinski definition) is 5. The molecule has 5 nitrogen and oxygen atoms in total. The molecule has 0 aliphatic heterocycles. The van der Waals surface area contributed by atoms with Crippen LogP contribution in [0.15, 0.2) is 199 Å². The molecule has 0 fully saturated rings. The van der Waals surface area contributed by atoms with E-state index in [2.05, 4.69) is 170 Å². The van der Waals surface area contributed by atoms with Gasteiger partial charge < -0.3 is 4.42 Å². The highest BCUT2D eigenvalue weighted by molar-refractivity contribution is 7.25. The van der Waals surface area contributed by atoms with Crippen LogP contribution in [0.4, 0.5) is 0 Å². The number of furan rings is 1. The van der Waals surface area contributed by atoms with E-state index in [9.17, 15) is 0 Å². The summed E-state index contributed by atoms with van der Waals surface area (Å²) in [5.74, 6) is 1.71. The van der Waals surface area contributed by atoms with E-state index >= 15 is 0 Å². The lowest BCUT2D eigenvalue weighted by atomic mass is 9.90. The van der Waals surface area contributed by atoms with E-state index in [4.69, 9.17) is 19.4 Å². The van der Waals surface area contributed by atoms with Crippen molar-refractivity contribution in [1.29, 1.82) is 0 Å². The van der Waals surface area contributed by atoms with Gasteiger partial charge in [0.1, 0.15) is 11.2 Å². The van der Waals surface area contributed by atoms with Gasteiger partial charge >= 0.3 is 0 Å². The van der Waals surface area contributed by atoms with Crippen LogP contribution in [0.5, 0.6) is 0 Å². The number of rotatable bonds is 5. The molecule has 0 saturated heterocycles. The predicted molar refractivity (Wildman–Crippen MR) is 270 cm³/mol. The van der Waals surface area contributed by atoms with Gasteiger partial charge in [0.15, 0.2) is 11.6 Å². The fraction of sp³-hybridized carbons (Fsp3) is 0.0517. The first-order valence-corrected chi connectivity index (χ1v) is 22.7. The van der Waals surface area contributed by atoms with Gasteiger partial charge in [-0.3, -0.25) is 4.57 Å². The van der Waals surface area contributed by atoms with Crippen LogP contribution >= 0.6 is 11.3 Å². The maximum atomic E-state index is 6.34. The largest absolute Gasteiger partial charge is 0.456 e. The SMILES string of the molecule is CCC.c1ccc(-c2nc(-c3ccc4c(c3)oc3ccccc34)nc(-n3c4ccccc4c4cccc(-c5cccc6c(-c7cccc8sc9ccccc9c78)cccc56)c43)n2)cc1. The van der Waals surface area contributed by atoms with E-state index < -0.39 is 0 Å². The van der Waals surface area contributed by atoms with E-state index in [-0.39, 0.29) is 0 Å². The Labute approximate surface area is 373 Å². The highest BCUT2D eigenvalue weighted by atomic mass is 32.1. The van der Waals surface area contributed by atoms with E-state index in [0.29, 0.717) is 17.6 Å². The molecule has 0 radical (unpaired) electrons. The minimum Gasteiger partial charge on any atom is -0.456 e. The molecule has 0 aliphatic carbocycles. The average molecular weight is 841 g/mol. The number of aromatic nitrogens is 4. The fourth-order valence-electron chi connectivity index (χ4n) is 9.40. The Hall–Kier alpha value is -7.93. The summed E-state index contributed by atoms with van der Waals surface area (Å²) in [5.41, 5.74) is 10.2. The Morgan fingerprint density at radius 1 is 0.422 bits per heavy atom. The Balaban J connectivity index is 0.00000141. The lowest BCUT2D eigenvalue weighted by molar-refractivity contribution is 0.669. The maximum absolute atomic E-state index is 6.34. The van der Waals surface area contributed by atoms with Crippen LogP contribution in [0.25, 0.3) is 126 Å². The molecular formula is C58H40N4OS. The van der Waals surface area contributed by atoms with Gasteiger partial charge in [-0.1, -0.05) is 178 Å². The van der Waals surface area contributed by atoms with Crippen LogP contribution in [0.1, 0.15) is 20.3 Å². The van der Waals surface area contributed by atoms with Crippen LogP contribution in [-0.2, 0) is 0 Å². The molecule has 304 valence electrons. The van der Waals surface area contributed by atoms with Crippen molar-refractivity contribution in [2.75, 3.05) is 0 Å². The van der Waals surface area contributed by atoms with Gasteiger partial charge in [0.2, 0.25) is 5.95 Å². The van der Waals surface area contributed by atoms with Crippen molar-refractivity contribution in [2.45, 2.75) is 20.3 Å². The van der Waals surface area contributed by atoms with Crippen LogP contribution in [0.3, 0.4) is 0 Å². The van der Waals surface area contributed by atoms with Crippen molar-refractivity contribution in [3.63, 3.8) is 0 Å². The van der Waals surface area contributed by atoms with Crippen molar-refractivity contribution >= 4 is 86.0 Å². The van der Waals surface area contributed by atoms with Crippen LogP contribution < -0.4 is 0 Å². The molecule has 0 unspecified atom stereocenters. The van der Waals surface area contributed by atoms with E-state index in [1.165, 1.54) is 48.5 Å². The smallest absolute Gasteiger partial charge is 0.238 e. The summed E-state index contributed by atoms with van der Waals surface area (Å²) in [6.07, 6.45) is 1.25. The molecule has 0 saturated carbocycles. The monoisotopic (exact) mass is 840 g/mol. The summed E-state index contributed by atoms with van der Waals surface area (Å²) in [6.45, 7) is 4.25. The zero-order valence-electron chi connectivity index (χ0n) is 35.3. The van der Waals surface area contributed by atoms with Gasteiger partial charge in [0.25, 0.3) is 0 Å². The number of fused-ring (bicyclic) bond motifs is 10. The Morgan fingerprint density at radius 2 is 0.984 bits per heavy atom. The van der Waals surface area contributed by atoms with Crippen molar-refractivity contribution in [3.8, 4) is 51.0 Å². The third-order valence-electron chi connectivity index (χ3n) is 12.1. The predicted octanol–water partition coefficient (Wildman–Crippen LogP) is 16.5. The quantitative estimate of drug-likeness (QED) is 0.173. The lowest BCUT2D eigenvalue weighted by Crippen LogP contribution is -2.07. The second kappa shape index (κ2) is 15.5. The molecule has 0 spiro atoms. The van der Waals surface area contributed by atoms with Crippen LogP contribution in [0.2, 0.25) is 0 Å². The molecule has 4 aromatic heterocycles. The lowest BCUT2D eigenvalue weighted by Gasteiger charge is -2.15. The first-order chi connectivity index (χ1) is 31.7. The third-order valence-corrected chi connectivity index (χ3v) is 13.2. The van der Waals surface area contributed by atoms with Crippen LogP contribution in [0, 0.1) is 0 Å². The second-order valence-corrected chi connectivity index (χ2v) is 17.3. The van der Waals surface area contributed by atoms with Crippen molar-refractivity contribution in [3.05, 3.63) is 194 Å². The summed E-state index contributed by atoms with van der Waals surface area (Å²) in [7, 11) is 0. The molecule has 64 heavy (non-hydrogen) atoms. The topological polar surface area (TPSA) is 56.7 Å². The van der Waals surface area contributed by atoms with E-state index in [1.54, 1.807) is 0 Å². The molecule has 0 aliphatic rings. The highest BCUT2D eigenvalue weighted by Crippen LogP contribution is 2.45. The van der Waals surface area contributed by atoms with Gasteiger partial charge in [-0.15, -0.1) is 11.3 Å². The number of para-hydroxylation sites is 3. The summed E-state index contributed by atoms with van der Waals surface area (Å²) in [4.78, 5) is 15.7. The molecule has 0 atom stereocenters. The second-order valence-electron chi connectivity index (χ2n) is 16.2. The summed E-state index contributed by atoms with van der Waals surface area (Å²) < 4.78 is 11.2. The number of hydrogen-bond donors (Lipinski definition) is 0. The Morgan fingerprint density at radius 3 is 1.78 bits per heavy atom. The molecule has 0 bridgehead atoms. The number of nitrogens with zero attached hydrogens (tertiary/aromatic N) is 4. The maximum Gasteiger partial charge on any atom is 0.238 e. The summed E-state index contributed by atoms with van der Waals surface area (Å²) in [6, 6.07) is 68.6. The standard InChI is InChI=1S/C55H32N4OS.C3H8/c1-2-14-33(15-3-1)53-56-54(34-30-31-41-40-17-5-8-27-47(40)60-48(41)32-34)58-55(57-53)59-46-26-7-4-16-39(46)44-25-12-24-43(52(44)59)38-22-11-19-35-36(38)20-10-21-37(35)42-23-13-29-50-51(42)45-18-6-9-28-49(45)61-50;1-3-2/h1-32H;3H2,1-2H3. The molecule has 13 rings (SSSR count). The minimum atomic E-state index is 0.546. The van der Waals surface area contributed by atoms with Gasteiger partial charge in [0.05, 0.1) is 11.0 Å². The summed E-state index contributed by atoms with van der Waals surface area (Å²) in [5, 5.41) is 9.39. The first-order valence-electron chi connectivity index (χ1n) is 21.9. The molecule has 4 heterocycles. The van der Waals surface area contributed by atoms with Crippen molar-refractivity contribution in [1.82, 2.24) is 19.5 Å². The Kier molecular flexibility index (Phi) is 9.13. The number of benzene rings is 9. The normalized spacial score (nSPS) is 11.7. The van der Waals surface area contributed by atoms with E-state index in [0.717, 1.165) is 66.0 Å². The first kappa shape index (κ1) is 37.8. The van der Waals surface area contributed by atoms with Gasteiger partial charge in [-0.2, -0.15) is 9.97 Å². The van der Waals surface area contributed by atoms with Gasteiger partial charge in [-0.25, -0.2) is 4.98 Å². The van der Waals surface area contributed by atoms with Gasteiger partial charge in [-0.05, 0) is 63.9 Å². The zero-order chi connectivity index (χ0) is 42.7. The fourth-order valence-corrected chi connectivity index (χ4v) is 10.5. The van der Waals surface area contributed by atoms with Crippen molar-refractivity contribution in [2.24, 2.45) is 0 Å². The van der Waals surface area contributed by atoms with Gasteiger partial charge in [0, 0.05) is 58.4 Å².